The highest BCUT2D eigenvalue weighted by Crippen LogP contribution is 2.24. The van der Waals surface area contributed by atoms with Crippen molar-refractivity contribution in [1.82, 2.24) is 4.98 Å². The summed E-state index contributed by atoms with van der Waals surface area (Å²) in [6.07, 6.45) is 1.18. The van der Waals surface area contributed by atoms with Gasteiger partial charge in [0.2, 0.25) is 0 Å². The highest BCUT2D eigenvalue weighted by atomic mass is 32.1. The molecule has 1 aliphatic rings. The summed E-state index contributed by atoms with van der Waals surface area (Å²) in [5.41, 5.74) is 8.33. The van der Waals surface area contributed by atoms with Gasteiger partial charge in [-0.15, -0.1) is 11.3 Å². The third kappa shape index (κ3) is 3.35. The number of hydrogen-bond acceptors (Lipinski definition) is 5. The molecule has 0 bridgehead atoms. The van der Waals surface area contributed by atoms with Gasteiger partial charge in [0.1, 0.15) is 6.10 Å². The first-order chi connectivity index (χ1) is 10.7. The Morgan fingerprint density at radius 2 is 2.18 bits per heavy atom. The van der Waals surface area contributed by atoms with Crippen LogP contribution in [-0.4, -0.2) is 29.6 Å². The summed E-state index contributed by atoms with van der Waals surface area (Å²) in [6, 6.07) is 7.69. The van der Waals surface area contributed by atoms with Gasteiger partial charge in [-0.1, -0.05) is 12.1 Å². The zero-order valence-electron chi connectivity index (χ0n) is 12.4. The molecule has 0 aliphatic carbocycles. The second-order valence-electron chi connectivity index (χ2n) is 5.38. The van der Waals surface area contributed by atoms with Gasteiger partial charge in [-0.2, -0.15) is 0 Å². The summed E-state index contributed by atoms with van der Waals surface area (Å²) in [5, 5.41) is 5.96. The number of aromatic nitrogens is 1. The second kappa shape index (κ2) is 6.56. The Bertz CT molecular complexity index is 654. The molecule has 0 radical (unpaired) electrons. The molecule has 2 aromatic rings. The molecule has 6 heteroatoms. The average molecular weight is 317 g/mol. The molecular weight excluding hydrogens is 298 g/mol. The van der Waals surface area contributed by atoms with Crippen LogP contribution >= 0.6 is 11.3 Å². The smallest absolute Gasteiger partial charge is 0.253 e. The molecule has 0 unspecified atom stereocenters. The number of benzene rings is 1. The third-order valence-electron chi connectivity index (χ3n) is 3.73. The van der Waals surface area contributed by atoms with Crippen LogP contribution in [0.25, 0.3) is 11.3 Å². The number of nitrogens with two attached hydrogens (primary N) is 1. The molecule has 3 rings (SSSR count). The van der Waals surface area contributed by atoms with Crippen molar-refractivity contribution in [3.8, 4) is 11.3 Å². The molecular formula is C16H19N3O2S. The maximum Gasteiger partial charge on any atom is 0.253 e. The molecule has 2 heterocycles. The highest BCUT2D eigenvalue weighted by Gasteiger charge is 2.29. The Morgan fingerprint density at radius 3 is 2.77 bits per heavy atom. The van der Waals surface area contributed by atoms with E-state index in [2.05, 4.69) is 10.3 Å². The van der Waals surface area contributed by atoms with Gasteiger partial charge >= 0.3 is 0 Å². The number of nitrogens with one attached hydrogen (secondary N) is 1. The fraction of sp³-hybridized carbons (Fsp3) is 0.375. The average Bonchev–Trinajstić information content (AvgIpc) is 3.17. The topological polar surface area (TPSA) is 77.2 Å². The van der Waals surface area contributed by atoms with Crippen LogP contribution in [0.15, 0.2) is 29.6 Å². The number of anilines is 1. The number of carbonyl (C=O) groups excluding carboxylic acids is 1. The second-order valence-corrected chi connectivity index (χ2v) is 6.44. The van der Waals surface area contributed by atoms with Gasteiger partial charge in [-0.3, -0.25) is 4.79 Å². The molecule has 3 N–H and O–H groups in total. The first-order valence-electron chi connectivity index (χ1n) is 7.34. The van der Waals surface area contributed by atoms with Crippen molar-refractivity contribution in [3.05, 3.63) is 34.7 Å². The van der Waals surface area contributed by atoms with E-state index < -0.39 is 6.10 Å². The maximum atomic E-state index is 12.1. The van der Waals surface area contributed by atoms with Crippen LogP contribution in [0.4, 0.5) is 5.69 Å². The van der Waals surface area contributed by atoms with E-state index in [1.165, 1.54) is 0 Å². The SMILES string of the molecule is Cc1nc(-c2ccc(NC(=O)[C@@H]3CC[C@H](CN)O3)cc2)cs1. The summed E-state index contributed by atoms with van der Waals surface area (Å²) in [4.78, 5) is 16.6. The molecule has 0 saturated carbocycles. The monoisotopic (exact) mass is 317 g/mol. The van der Waals surface area contributed by atoms with Crippen molar-refractivity contribution in [2.45, 2.75) is 32.0 Å². The molecule has 116 valence electrons. The van der Waals surface area contributed by atoms with E-state index in [1.807, 2.05) is 36.6 Å². The van der Waals surface area contributed by atoms with Gasteiger partial charge in [0.05, 0.1) is 16.8 Å². The molecule has 22 heavy (non-hydrogen) atoms. The van der Waals surface area contributed by atoms with Gasteiger partial charge in [0, 0.05) is 23.2 Å². The number of nitrogens with zero attached hydrogens (tertiary/aromatic N) is 1. The van der Waals surface area contributed by atoms with Gasteiger partial charge in [0.25, 0.3) is 5.91 Å². The molecule has 1 aliphatic heterocycles. The van der Waals surface area contributed by atoms with E-state index in [1.54, 1.807) is 11.3 Å². The van der Waals surface area contributed by atoms with Crippen LogP contribution in [-0.2, 0) is 9.53 Å². The Balaban J connectivity index is 1.62. The molecule has 5 nitrogen and oxygen atoms in total. The Hall–Kier alpha value is -1.76. The quantitative estimate of drug-likeness (QED) is 0.908. The summed E-state index contributed by atoms with van der Waals surface area (Å²) in [5.74, 6) is -0.104. The summed E-state index contributed by atoms with van der Waals surface area (Å²) < 4.78 is 5.59. The lowest BCUT2D eigenvalue weighted by Gasteiger charge is -2.12. The van der Waals surface area contributed by atoms with Crippen molar-refractivity contribution >= 4 is 22.9 Å². The van der Waals surface area contributed by atoms with Gasteiger partial charge < -0.3 is 15.8 Å². The van der Waals surface area contributed by atoms with Crippen molar-refractivity contribution in [2.75, 3.05) is 11.9 Å². The Labute approximate surface area is 133 Å². The standard InChI is InChI=1S/C16H19N3O2S/c1-10-18-14(9-22-10)11-2-4-12(5-3-11)19-16(20)15-7-6-13(8-17)21-15/h2-5,9,13,15H,6-8,17H2,1H3,(H,19,20)/t13-,15+/m1/s1. The van der Waals surface area contributed by atoms with Crippen LogP contribution in [0.5, 0.6) is 0 Å². The van der Waals surface area contributed by atoms with Gasteiger partial charge in [0.15, 0.2) is 0 Å². The van der Waals surface area contributed by atoms with Gasteiger partial charge in [-0.25, -0.2) is 4.98 Å². The minimum absolute atomic E-state index is 0.00558. The zero-order chi connectivity index (χ0) is 15.5. The number of ether oxygens (including phenoxy) is 1. The lowest BCUT2D eigenvalue weighted by Crippen LogP contribution is -2.29. The fourth-order valence-electron chi connectivity index (χ4n) is 2.52. The highest BCUT2D eigenvalue weighted by molar-refractivity contribution is 7.09. The zero-order valence-corrected chi connectivity index (χ0v) is 13.2. The lowest BCUT2D eigenvalue weighted by molar-refractivity contribution is -0.126. The minimum atomic E-state index is -0.394. The molecule has 1 aromatic heterocycles. The number of rotatable bonds is 4. The van der Waals surface area contributed by atoms with E-state index in [4.69, 9.17) is 10.5 Å². The molecule has 0 spiro atoms. The number of carbonyl (C=O) groups is 1. The van der Waals surface area contributed by atoms with Crippen LogP contribution in [0.3, 0.4) is 0 Å². The first-order valence-corrected chi connectivity index (χ1v) is 8.22. The summed E-state index contributed by atoms with van der Waals surface area (Å²) in [7, 11) is 0. The molecule has 1 amide bonds. The van der Waals surface area contributed by atoms with Crippen molar-refractivity contribution < 1.29 is 9.53 Å². The van der Waals surface area contributed by atoms with E-state index in [0.29, 0.717) is 6.54 Å². The van der Waals surface area contributed by atoms with E-state index in [-0.39, 0.29) is 12.0 Å². The first kappa shape index (κ1) is 15.1. The van der Waals surface area contributed by atoms with Crippen LogP contribution in [0.1, 0.15) is 17.8 Å². The maximum absolute atomic E-state index is 12.1. The molecule has 1 saturated heterocycles. The van der Waals surface area contributed by atoms with E-state index >= 15 is 0 Å². The number of hydrogen-bond donors (Lipinski definition) is 2. The summed E-state index contributed by atoms with van der Waals surface area (Å²) >= 11 is 1.63. The largest absolute Gasteiger partial charge is 0.364 e. The molecule has 2 atom stereocenters. The summed E-state index contributed by atoms with van der Waals surface area (Å²) in [6.45, 7) is 2.45. The number of amides is 1. The lowest BCUT2D eigenvalue weighted by atomic mass is 10.1. The normalized spacial score (nSPS) is 21.0. The third-order valence-corrected chi connectivity index (χ3v) is 4.50. The Morgan fingerprint density at radius 1 is 1.41 bits per heavy atom. The van der Waals surface area contributed by atoms with Crippen molar-refractivity contribution in [2.24, 2.45) is 5.73 Å². The van der Waals surface area contributed by atoms with Crippen LogP contribution in [0, 0.1) is 6.92 Å². The number of thiazole rings is 1. The van der Waals surface area contributed by atoms with Crippen molar-refractivity contribution in [3.63, 3.8) is 0 Å². The number of aryl methyl sites for hydroxylation is 1. The predicted octanol–water partition coefficient (Wildman–Crippen LogP) is 2.56. The van der Waals surface area contributed by atoms with Gasteiger partial charge in [-0.05, 0) is 31.9 Å². The van der Waals surface area contributed by atoms with Crippen molar-refractivity contribution in [1.29, 1.82) is 0 Å². The Kier molecular flexibility index (Phi) is 4.52. The molecule has 1 aromatic carbocycles. The molecule has 1 fully saturated rings. The fourth-order valence-corrected chi connectivity index (χ4v) is 3.14. The van der Waals surface area contributed by atoms with E-state index in [0.717, 1.165) is 34.8 Å². The minimum Gasteiger partial charge on any atom is -0.364 e. The van der Waals surface area contributed by atoms with Crippen LogP contribution in [0.2, 0.25) is 0 Å². The predicted molar refractivity (Wildman–Crippen MR) is 87.9 cm³/mol. The van der Waals surface area contributed by atoms with E-state index in [9.17, 15) is 4.79 Å². The van der Waals surface area contributed by atoms with Crippen LogP contribution < -0.4 is 11.1 Å².